The first kappa shape index (κ1) is 35.0. The molecule has 0 aliphatic heterocycles. The SMILES string of the molecule is C#CC/C(=C\C=C)c1nc(-c2ccccc2)c2cc(-c3ccc4c(c3)c3cc(-c5ccc(Cc6ccccc6)cc5)ccc3n4C/C=C\C=C/C)ccc2n1. The van der Waals surface area contributed by atoms with E-state index < -0.39 is 0 Å². The summed E-state index contributed by atoms with van der Waals surface area (Å²) in [5.41, 5.74) is 13.3. The first-order chi connectivity index (χ1) is 27.1. The van der Waals surface area contributed by atoms with Crippen molar-refractivity contribution in [2.45, 2.75) is 26.3 Å². The fourth-order valence-corrected chi connectivity index (χ4v) is 7.39. The van der Waals surface area contributed by atoms with Gasteiger partial charge >= 0.3 is 0 Å². The lowest BCUT2D eigenvalue weighted by molar-refractivity contribution is 0.899. The molecule has 0 aliphatic carbocycles. The van der Waals surface area contributed by atoms with E-state index in [0.717, 1.165) is 51.8 Å². The van der Waals surface area contributed by atoms with Crippen LogP contribution in [0.15, 0.2) is 183 Å². The van der Waals surface area contributed by atoms with Crippen LogP contribution in [0.1, 0.15) is 30.3 Å². The zero-order chi connectivity index (χ0) is 37.6. The molecule has 8 rings (SSSR count). The van der Waals surface area contributed by atoms with E-state index in [9.17, 15) is 0 Å². The highest BCUT2D eigenvalue weighted by atomic mass is 15.0. The Kier molecular flexibility index (Phi) is 10.1. The van der Waals surface area contributed by atoms with E-state index in [2.05, 4.69) is 163 Å². The summed E-state index contributed by atoms with van der Waals surface area (Å²) in [5.74, 6) is 3.37. The molecule has 0 aliphatic rings. The zero-order valence-corrected chi connectivity index (χ0v) is 31.0. The molecule has 0 bridgehead atoms. The number of nitrogens with zero attached hydrogens (tertiary/aromatic N) is 3. The van der Waals surface area contributed by atoms with Crippen molar-refractivity contribution in [2.75, 3.05) is 0 Å². The number of hydrogen-bond acceptors (Lipinski definition) is 2. The van der Waals surface area contributed by atoms with Gasteiger partial charge in [0.05, 0.1) is 11.2 Å². The third-order valence-corrected chi connectivity index (χ3v) is 10.1. The third-order valence-electron chi connectivity index (χ3n) is 10.1. The molecule has 0 radical (unpaired) electrons. The summed E-state index contributed by atoms with van der Waals surface area (Å²) >= 11 is 0. The Balaban J connectivity index is 1.24. The van der Waals surface area contributed by atoms with Gasteiger partial charge in [0.2, 0.25) is 0 Å². The molecule has 3 nitrogen and oxygen atoms in total. The number of rotatable bonds is 11. The molecule has 55 heavy (non-hydrogen) atoms. The van der Waals surface area contributed by atoms with Gasteiger partial charge in [-0.1, -0.05) is 146 Å². The van der Waals surface area contributed by atoms with Gasteiger partial charge in [-0.25, -0.2) is 9.97 Å². The van der Waals surface area contributed by atoms with Crippen LogP contribution in [0.2, 0.25) is 0 Å². The van der Waals surface area contributed by atoms with Crippen LogP contribution in [0.4, 0.5) is 0 Å². The molecule has 6 aromatic carbocycles. The molecule has 0 unspecified atom stereocenters. The van der Waals surface area contributed by atoms with Crippen LogP contribution < -0.4 is 0 Å². The van der Waals surface area contributed by atoms with Gasteiger partial charge < -0.3 is 4.57 Å². The van der Waals surface area contributed by atoms with Crippen molar-refractivity contribution < 1.29 is 0 Å². The molecule has 2 heterocycles. The number of benzene rings is 6. The Hall–Kier alpha value is -7.02. The minimum atomic E-state index is 0.420. The second-order valence-corrected chi connectivity index (χ2v) is 13.7. The van der Waals surface area contributed by atoms with Gasteiger partial charge in [-0.2, -0.15) is 0 Å². The van der Waals surface area contributed by atoms with Crippen LogP contribution in [0.3, 0.4) is 0 Å². The summed E-state index contributed by atoms with van der Waals surface area (Å²) in [6, 6.07) is 50.1. The van der Waals surface area contributed by atoms with Gasteiger partial charge in [-0.15, -0.1) is 12.3 Å². The number of hydrogen-bond donors (Lipinski definition) is 0. The molecule has 8 aromatic rings. The Morgan fingerprint density at radius 1 is 0.655 bits per heavy atom. The molecular weight excluding hydrogens is 667 g/mol. The van der Waals surface area contributed by atoms with Gasteiger partial charge in [0, 0.05) is 51.3 Å². The van der Waals surface area contributed by atoms with Gasteiger partial charge in [0.25, 0.3) is 0 Å². The van der Waals surface area contributed by atoms with Crippen molar-refractivity contribution >= 4 is 38.3 Å². The average molecular weight is 708 g/mol. The summed E-state index contributed by atoms with van der Waals surface area (Å²) in [4.78, 5) is 10.1. The van der Waals surface area contributed by atoms with E-state index in [1.54, 1.807) is 6.08 Å². The molecule has 3 heteroatoms. The largest absolute Gasteiger partial charge is 0.337 e. The summed E-state index contributed by atoms with van der Waals surface area (Å²) in [7, 11) is 0. The van der Waals surface area contributed by atoms with Crippen molar-refractivity contribution in [3.63, 3.8) is 0 Å². The van der Waals surface area contributed by atoms with Crippen LogP contribution >= 0.6 is 0 Å². The number of allylic oxidation sites excluding steroid dienone is 7. The van der Waals surface area contributed by atoms with Crippen molar-refractivity contribution in [2.24, 2.45) is 0 Å². The van der Waals surface area contributed by atoms with Gasteiger partial charge in [-0.05, 0) is 83.1 Å². The van der Waals surface area contributed by atoms with Gasteiger partial charge in [0.15, 0.2) is 5.82 Å². The van der Waals surface area contributed by atoms with E-state index in [1.165, 1.54) is 44.1 Å². The molecule has 0 spiro atoms. The van der Waals surface area contributed by atoms with Crippen molar-refractivity contribution in [1.82, 2.24) is 14.5 Å². The highest BCUT2D eigenvalue weighted by molar-refractivity contribution is 6.11. The predicted molar refractivity (Wildman–Crippen MR) is 234 cm³/mol. The molecule has 0 amide bonds. The maximum absolute atomic E-state index is 5.73. The standard InChI is InChI=1S/C52H41N3/c1-4-7-8-15-32-55-49-30-27-42(39-24-22-38(23-25-39)33-37-18-11-9-12-19-37)34-45(49)46-35-44(28-31-50(46)55)43-26-29-48-47(36-43)51(40-20-13-10-14-21-40)54-52(53-48)41(16-5-2)17-6-3/h2,4,6-15,17-31,34-36H,3,16,32-33H2,1H3/b7-4-,15-8-,41-17+. The van der Waals surface area contributed by atoms with Gasteiger partial charge in [0.1, 0.15) is 0 Å². The lowest BCUT2D eigenvalue weighted by atomic mass is 9.97. The Morgan fingerprint density at radius 2 is 1.25 bits per heavy atom. The molecule has 0 N–H and O–H groups in total. The number of fused-ring (bicyclic) bond motifs is 4. The Labute approximate surface area is 323 Å². The monoisotopic (exact) mass is 707 g/mol. The van der Waals surface area contributed by atoms with Crippen LogP contribution in [-0.2, 0) is 13.0 Å². The number of terminal acetylenes is 1. The molecule has 0 saturated heterocycles. The minimum absolute atomic E-state index is 0.420. The van der Waals surface area contributed by atoms with Crippen LogP contribution in [-0.4, -0.2) is 14.5 Å². The van der Waals surface area contributed by atoms with Gasteiger partial charge in [-0.3, -0.25) is 0 Å². The average Bonchev–Trinajstić information content (AvgIpc) is 3.54. The van der Waals surface area contributed by atoms with E-state index in [4.69, 9.17) is 16.4 Å². The van der Waals surface area contributed by atoms with Crippen LogP contribution in [0.25, 0.3) is 71.8 Å². The summed E-state index contributed by atoms with van der Waals surface area (Å²) in [6.07, 6.45) is 19.2. The van der Waals surface area contributed by atoms with Crippen LogP contribution in [0, 0.1) is 12.3 Å². The van der Waals surface area contributed by atoms with Crippen molar-refractivity contribution in [3.05, 3.63) is 200 Å². The molecule has 0 atom stereocenters. The molecule has 264 valence electrons. The first-order valence-electron chi connectivity index (χ1n) is 18.7. The quantitative estimate of drug-likeness (QED) is 0.0990. The lowest BCUT2D eigenvalue weighted by Gasteiger charge is -2.12. The van der Waals surface area contributed by atoms with Crippen LogP contribution in [0.5, 0.6) is 0 Å². The first-order valence-corrected chi connectivity index (χ1v) is 18.7. The molecule has 0 fully saturated rings. The lowest BCUT2D eigenvalue weighted by Crippen LogP contribution is -1.99. The van der Waals surface area contributed by atoms with E-state index in [-0.39, 0.29) is 0 Å². The zero-order valence-electron chi connectivity index (χ0n) is 31.0. The highest BCUT2D eigenvalue weighted by Crippen LogP contribution is 2.37. The fraction of sp³-hybridized carbons (Fsp3) is 0.0769. The Bertz CT molecular complexity index is 2790. The smallest absolute Gasteiger partial charge is 0.157 e. The normalized spacial score (nSPS) is 12.0. The maximum Gasteiger partial charge on any atom is 0.157 e. The molecule has 0 saturated carbocycles. The van der Waals surface area contributed by atoms with E-state index >= 15 is 0 Å². The summed E-state index contributed by atoms with van der Waals surface area (Å²) < 4.78 is 2.41. The van der Waals surface area contributed by atoms with E-state index in [1.807, 2.05) is 31.2 Å². The fourth-order valence-electron chi connectivity index (χ4n) is 7.39. The van der Waals surface area contributed by atoms with Crippen molar-refractivity contribution in [1.29, 1.82) is 0 Å². The van der Waals surface area contributed by atoms with Crippen molar-refractivity contribution in [3.8, 4) is 45.9 Å². The highest BCUT2D eigenvalue weighted by Gasteiger charge is 2.16. The number of aromatic nitrogens is 3. The Morgan fingerprint density at radius 3 is 1.91 bits per heavy atom. The topological polar surface area (TPSA) is 30.7 Å². The summed E-state index contributed by atoms with van der Waals surface area (Å²) in [5, 5.41) is 3.44. The second kappa shape index (κ2) is 15.9. The molecular formula is C52H41N3. The predicted octanol–water partition coefficient (Wildman–Crippen LogP) is 13.1. The molecule has 2 aromatic heterocycles. The maximum atomic E-state index is 5.73. The minimum Gasteiger partial charge on any atom is -0.337 e. The van der Waals surface area contributed by atoms with E-state index in [0.29, 0.717) is 12.2 Å². The summed E-state index contributed by atoms with van der Waals surface area (Å²) in [6.45, 7) is 6.70. The second-order valence-electron chi connectivity index (χ2n) is 13.7. The third kappa shape index (κ3) is 7.32.